The number of hydrogen-bond acceptors (Lipinski definition) is 5. The van der Waals surface area contributed by atoms with E-state index in [1.165, 1.54) is 12.4 Å². The van der Waals surface area contributed by atoms with Crippen LogP contribution in [0.2, 0.25) is 0 Å². The third kappa shape index (κ3) is 2.35. The highest BCUT2D eigenvalue weighted by Crippen LogP contribution is 2.23. The van der Waals surface area contributed by atoms with Gasteiger partial charge in [0, 0.05) is 11.6 Å². The second-order valence-corrected chi connectivity index (χ2v) is 3.90. The molecule has 2 rings (SSSR count). The Hall–Kier alpha value is -2.11. The van der Waals surface area contributed by atoms with Crippen LogP contribution in [0.1, 0.15) is 30.0 Å². The average Bonchev–Trinajstić information content (AvgIpc) is 2.58. The molecule has 0 aliphatic heterocycles. The predicted octanol–water partition coefficient (Wildman–Crippen LogP) is 1.55. The van der Waals surface area contributed by atoms with Gasteiger partial charge in [0.1, 0.15) is 11.6 Å². The molecule has 2 heterocycles. The molecule has 1 atom stereocenters. The van der Waals surface area contributed by atoms with Crippen molar-refractivity contribution >= 4 is 5.82 Å². The first-order valence-electron chi connectivity index (χ1n) is 5.32. The molecule has 0 amide bonds. The van der Waals surface area contributed by atoms with Crippen molar-refractivity contribution in [2.24, 2.45) is 0 Å². The van der Waals surface area contributed by atoms with Crippen LogP contribution >= 0.6 is 0 Å². The Morgan fingerprint density at radius 2 is 2.24 bits per heavy atom. The molecule has 0 bridgehead atoms. The van der Waals surface area contributed by atoms with Crippen LogP contribution in [0, 0.1) is 13.8 Å². The fourth-order valence-electron chi connectivity index (χ4n) is 1.85. The van der Waals surface area contributed by atoms with Crippen molar-refractivity contribution in [3.8, 4) is 0 Å². The highest BCUT2D eigenvalue weighted by molar-refractivity contribution is 5.38. The Balaban J connectivity index is 2.23. The molecule has 1 unspecified atom stereocenters. The van der Waals surface area contributed by atoms with E-state index in [4.69, 9.17) is 4.52 Å². The summed E-state index contributed by atoms with van der Waals surface area (Å²) in [6.45, 7) is 5.71. The Kier molecular flexibility index (Phi) is 2.95. The summed E-state index contributed by atoms with van der Waals surface area (Å²) in [6, 6.07) is 1.39. The molecule has 0 aliphatic rings. The summed E-state index contributed by atoms with van der Waals surface area (Å²) in [7, 11) is 0. The number of nitrogens with one attached hydrogen (secondary N) is 2. The Morgan fingerprint density at radius 3 is 2.82 bits per heavy atom. The van der Waals surface area contributed by atoms with Crippen LogP contribution in [0.5, 0.6) is 0 Å². The van der Waals surface area contributed by atoms with Crippen LogP contribution in [-0.4, -0.2) is 15.1 Å². The number of rotatable bonds is 3. The SMILES string of the molecule is Cc1noc(C)c1C(C)Nc1cc(=O)[nH]cn1. The number of nitrogens with zero attached hydrogens (tertiary/aromatic N) is 2. The molecule has 2 aromatic rings. The topological polar surface area (TPSA) is 83.8 Å². The maximum absolute atomic E-state index is 11.1. The standard InChI is InChI=1S/C11H14N4O2/c1-6(11-7(2)15-17-8(11)3)14-9-4-10(16)13-5-12-9/h4-6H,1-3H3,(H2,12,13,14,16). The second-order valence-electron chi connectivity index (χ2n) is 3.90. The minimum Gasteiger partial charge on any atom is -0.363 e. The van der Waals surface area contributed by atoms with Gasteiger partial charge >= 0.3 is 0 Å². The molecule has 17 heavy (non-hydrogen) atoms. The highest BCUT2D eigenvalue weighted by Gasteiger charge is 2.16. The van der Waals surface area contributed by atoms with E-state index in [0.29, 0.717) is 5.82 Å². The molecule has 0 spiro atoms. The zero-order valence-electron chi connectivity index (χ0n) is 9.94. The van der Waals surface area contributed by atoms with E-state index >= 15 is 0 Å². The molecule has 2 N–H and O–H groups in total. The van der Waals surface area contributed by atoms with Gasteiger partial charge in [-0.05, 0) is 20.8 Å². The Morgan fingerprint density at radius 1 is 1.47 bits per heavy atom. The predicted molar refractivity (Wildman–Crippen MR) is 62.9 cm³/mol. The molecular weight excluding hydrogens is 220 g/mol. The fraction of sp³-hybridized carbons (Fsp3) is 0.364. The van der Waals surface area contributed by atoms with Gasteiger partial charge in [-0.25, -0.2) is 4.98 Å². The van der Waals surface area contributed by atoms with Gasteiger partial charge in [-0.2, -0.15) is 0 Å². The van der Waals surface area contributed by atoms with E-state index in [1.807, 2.05) is 20.8 Å². The minimum absolute atomic E-state index is 0.0180. The van der Waals surface area contributed by atoms with Gasteiger partial charge in [0.05, 0.1) is 18.1 Å². The zero-order valence-corrected chi connectivity index (χ0v) is 9.94. The summed E-state index contributed by atoms with van der Waals surface area (Å²) in [5, 5.41) is 7.03. The van der Waals surface area contributed by atoms with Crippen LogP contribution in [0.25, 0.3) is 0 Å². The van der Waals surface area contributed by atoms with Gasteiger partial charge in [-0.1, -0.05) is 5.16 Å². The van der Waals surface area contributed by atoms with Gasteiger partial charge < -0.3 is 14.8 Å². The van der Waals surface area contributed by atoms with E-state index in [1.54, 1.807) is 0 Å². The van der Waals surface area contributed by atoms with Crippen LogP contribution in [-0.2, 0) is 0 Å². The first-order valence-corrected chi connectivity index (χ1v) is 5.32. The molecule has 0 fully saturated rings. The van der Waals surface area contributed by atoms with E-state index < -0.39 is 0 Å². The molecule has 0 aliphatic carbocycles. The van der Waals surface area contributed by atoms with Gasteiger partial charge in [-0.3, -0.25) is 4.79 Å². The lowest BCUT2D eigenvalue weighted by Gasteiger charge is -2.13. The average molecular weight is 234 g/mol. The number of aryl methyl sites for hydroxylation is 2. The van der Waals surface area contributed by atoms with Gasteiger partial charge in [0.25, 0.3) is 5.56 Å². The molecule has 0 radical (unpaired) electrons. The molecule has 2 aromatic heterocycles. The largest absolute Gasteiger partial charge is 0.363 e. The first kappa shape index (κ1) is 11.4. The van der Waals surface area contributed by atoms with Crippen LogP contribution < -0.4 is 10.9 Å². The summed E-state index contributed by atoms with van der Waals surface area (Å²) >= 11 is 0. The molecule has 90 valence electrons. The number of aromatic amines is 1. The number of hydrogen-bond donors (Lipinski definition) is 2. The third-order valence-electron chi connectivity index (χ3n) is 2.56. The summed E-state index contributed by atoms with van der Waals surface area (Å²) in [4.78, 5) is 17.6. The molecule has 6 nitrogen and oxygen atoms in total. The van der Waals surface area contributed by atoms with Crippen molar-refractivity contribution in [3.63, 3.8) is 0 Å². The third-order valence-corrected chi connectivity index (χ3v) is 2.56. The number of anilines is 1. The van der Waals surface area contributed by atoms with E-state index in [9.17, 15) is 4.79 Å². The summed E-state index contributed by atoms with van der Waals surface area (Å²) in [5.74, 6) is 1.30. The Bertz CT molecular complexity index is 553. The molecular formula is C11H14N4O2. The van der Waals surface area contributed by atoms with Crippen molar-refractivity contribution in [2.45, 2.75) is 26.8 Å². The maximum Gasteiger partial charge on any atom is 0.252 e. The monoisotopic (exact) mass is 234 g/mol. The zero-order chi connectivity index (χ0) is 12.4. The smallest absolute Gasteiger partial charge is 0.252 e. The summed E-state index contributed by atoms with van der Waals surface area (Å²) < 4.78 is 5.10. The lowest BCUT2D eigenvalue weighted by atomic mass is 10.1. The van der Waals surface area contributed by atoms with Crippen molar-refractivity contribution in [3.05, 3.63) is 39.8 Å². The van der Waals surface area contributed by atoms with E-state index in [0.717, 1.165) is 17.0 Å². The number of aromatic nitrogens is 3. The maximum atomic E-state index is 11.1. The fourth-order valence-corrected chi connectivity index (χ4v) is 1.85. The second kappa shape index (κ2) is 4.40. The van der Waals surface area contributed by atoms with Crippen LogP contribution in [0.4, 0.5) is 5.82 Å². The molecule has 0 aromatic carbocycles. The quantitative estimate of drug-likeness (QED) is 0.841. The minimum atomic E-state index is -0.187. The van der Waals surface area contributed by atoms with Crippen molar-refractivity contribution in [1.82, 2.24) is 15.1 Å². The molecule has 0 saturated carbocycles. The van der Waals surface area contributed by atoms with Crippen LogP contribution in [0.15, 0.2) is 21.7 Å². The molecule has 0 saturated heterocycles. The lowest BCUT2D eigenvalue weighted by molar-refractivity contribution is 0.392. The number of H-pyrrole nitrogens is 1. The lowest BCUT2D eigenvalue weighted by Crippen LogP contribution is -2.13. The van der Waals surface area contributed by atoms with Gasteiger partial charge in [0.15, 0.2) is 0 Å². The van der Waals surface area contributed by atoms with E-state index in [-0.39, 0.29) is 11.6 Å². The summed E-state index contributed by atoms with van der Waals surface area (Å²) in [6.07, 6.45) is 1.37. The van der Waals surface area contributed by atoms with Crippen molar-refractivity contribution < 1.29 is 4.52 Å². The van der Waals surface area contributed by atoms with Gasteiger partial charge in [0.2, 0.25) is 0 Å². The Labute approximate surface area is 98.1 Å². The summed E-state index contributed by atoms with van der Waals surface area (Å²) in [5.41, 5.74) is 1.65. The normalized spacial score (nSPS) is 12.4. The van der Waals surface area contributed by atoms with Crippen molar-refractivity contribution in [2.75, 3.05) is 5.32 Å². The molecule has 6 heteroatoms. The highest BCUT2D eigenvalue weighted by atomic mass is 16.5. The van der Waals surface area contributed by atoms with E-state index in [2.05, 4.69) is 20.4 Å². The first-order chi connectivity index (χ1) is 8.08. The van der Waals surface area contributed by atoms with Gasteiger partial charge in [-0.15, -0.1) is 0 Å². The van der Waals surface area contributed by atoms with Crippen molar-refractivity contribution in [1.29, 1.82) is 0 Å². The van der Waals surface area contributed by atoms with Crippen LogP contribution in [0.3, 0.4) is 0 Å².